The second kappa shape index (κ2) is 15.1. The van der Waals surface area contributed by atoms with Gasteiger partial charge in [0.15, 0.2) is 0 Å². The lowest BCUT2D eigenvalue weighted by Crippen LogP contribution is -2.28. The molecule has 296 valence electrons. The molecule has 0 fully saturated rings. The highest BCUT2D eigenvalue weighted by atomic mass is 16.3. The Morgan fingerprint density at radius 1 is 0.349 bits per heavy atom. The van der Waals surface area contributed by atoms with E-state index in [0.29, 0.717) is 16.9 Å². The van der Waals surface area contributed by atoms with E-state index in [1.807, 2.05) is 95.9 Å². The fraction of sp³-hybridized carbons (Fsp3) is 0.0164. The van der Waals surface area contributed by atoms with Crippen LogP contribution < -0.4 is 4.90 Å². The molecule has 0 aliphatic heterocycles. The van der Waals surface area contributed by atoms with Gasteiger partial charge in [-0.1, -0.05) is 200 Å². The fourth-order valence-corrected chi connectivity index (χ4v) is 9.77. The molecule has 1 aromatic heterocycles. The molecule has 63 heavy (non-hydrogen) atoms. The largest absolute Gasteiger partial charge is 0.455 e. The fourth-order valence-electron chi connectivity index (χ4n) is 9.77. The van der Waals surface area contributed by atoms with E-state index in [9.17, 15) is 5.48 Å². The molecule has 2 heteroatoms. The smallest absolute Gasteiger partial charge is 0.143 e. The summed E-state index contributed by atoms with van der Waals surface area (Å²) in [7, 11) is 0. The van der Waals surface area contributed by atoms with Gasteiger partial charge in [0, 0.05) is 33.4 Å². The van der Waals surface area contributed by atoms with Crippen molar-refractivity contribution in [2.75, 3.05) is 4.90 Å². The molecule has 2 nitrogen and oxygen atoms in total. The van der Waals surface area contributed by atoms with Crippen LogP contribution in [-0.2, 0) is 5.41 Å². The van der Waals surface area contributed by atoms with Crippen LogP contribution in [0.3, 0.4) is 0 Å². The lowest BCUT2D eigenvalue weighted by Gasteiger charge is -2.34. The number of nitrogens with zero attached hydrogens (tertiary/aromatic N) is 1. The van der Waals surface area contributed by atoms with E-state index < -0.39 is 5.41 Å². The number of para-hydroxylation sites is 2. The minimum atomic E-state index is -0.536. The summed E-state index contributed by atoms with van der Waals surface area (Å²) >= 11 is 0. The maximum atomic E-state index is 9.51. The first kappa shape index (κ1) is 32.6. The van der Waals surface area contributed by atoms with E-state index in [2.05, 4.69) is 133 Å². The zero-order chi connectivity index (χ0) is 45.2. The van der Waals surface area contributed by atoms with E-state index >= 15 is 0 Å². The number of anilines is 3. The van der Waals surface area contributed by atoms with Crippen LogP contribution in [0.5, 0.6) is 0 Å². The molecule has 1 aliphatic carbocycles. The van der Waals surface area contributed by atoms with Crippen molar-refractivity contribution in [2.45, 2.75) is 5.41 Å². The topological polar surface area (TPSA) is 16.4 Å². The normalized spacial score (nSPS) is 13.5. The van der Waals surface area contributed by atoms with Gasteiger partial charge in [0.25, 0.3) is 0 Å². The van der Waals surface area contributed by atoms with Gasteiger partial charge in [0.2, 0.25) is 0 Å². The summed E-state index contributed by atoms with van der Waals surface area (Å²) < 4.78 is 44.0. The van der Waals surface area contributed by atoms with Crippen molar-refractivity contribution in [1.29, 1.82) is 0 Å². The molecule has 10 aromatic carbocycles. The molecular weight excluding hydrogens is 763 g/mol. The molecule has 0 amide bonds. The molecule has 0 saturated carbocycles. The monoisotopic (exact) mass is 807 g/mol. The molecule has 12 rings (SSSR count). The second-order valence-corrected chi connectivity index (χ2v) is 16.1. The van der Waals surface area contributed by atoms with Crippen LogP contribution >= 0.6 is 0 Å². The number of benzene rings is 10. The molecule has 0 saturated heterocycles. The number of hydrogen-bond donors (Lipinski definition) is 0. The van der Waals surface area contributed by atoms with Crippen LogP contribution in [-0.4, -0.2) is 0 Å². The van der Waals surface area contributed by atoms with Crippen molar-refractivity contribution >= 4 is 39.0 Å². The Kier molecular flexibility index (Phi) is 7.78. The van der Waals surface area contributed by atoms with Gasteiger partial charge in [-0.15, -0.1) is 0 Å². The molecule has 0 radical (unpaired) electrons. The standard InChI is InChI=1S/C61H41NO/c1-4-15-42(16-5-1)43-27-34-49(35-28-43)62(51-38-31-45(32-39-51)52-23-14-24-56-55-22-11-13-26-59(55)63-60(52)56)50-36-29-44(30-37-50)46-33-40-54-53-21-10-12-25-57(53)61(58(54)41-46,47-17-6-2-7-18-47)48-19-8-3-9-20-48/h1-41H/i27D,28D,34D,35D. The molecular formula is C61H41NO. The summed E-state index contributed by atoms with van der Waals surface area (Å²) in [6.07, 6.45) is 0. The van der Waals surface area contributed by atoms with Crippen LogP contribution in [0.25, 0.3) is 66.4 Å². The van der Waals surface area contributed by atoms with Crippen molar-refractivity contribution in [3.05, 3.63) is 271 Å². The van der Waals surface area contributed by atoms with Crippen LogP contribution in [0, 0.1) is 0 Å². The van der Waals surface area contributed by atoms with Crippen molar-refractivity contribution < 1.29 is 9.90 Å². The number of furan rings is 1. The van der Waals surface area contributed by atoms with Crippen molar-refractivity contribution in [3.63, 3.8) is 0 Å². The predicted molar refractivity (Wildman–Crippen MR) is 262 cm³/mol. The van der Waals surface area contributed by atoms with Crippen molar-refractivity contribution in [1.82, 2.24) is 0 Å². The lowest BCUT2D eigenvalue weighted by molar-refractivity contribution is 0.670. The minimum Gasteiger partial charge on any atom is -0.455 e. The third kappa shape index (κ3) is 6.02. The Labute approximate surface area is 373 Å². The molecule has 1 aliphatic rings. The molecule has 0 unspecified atom stereocenters. The first-order valence-corrected chi connectivity index (χ1v) is 21.3. The van der Waals surface area contributed by atoms with E-state index in [4.69, 9.17) is 4.42 Å². The van der Waals surface area contributed by atoms with Gasteiger partial charge in [-0.05, 0) is 110 Å². The zero-order valence-corrected chi connectivity index (χ0v) is 34.2. The van der Waals surface area contributed by atoms with Gasteiger partial charge in [-0.2, -0.15) is 0 Å². The molecule has 0 N–H and O–H groups in total. The summed E-state index contributed by atoms with van der Waals surface area (Å²) in [6.45, 7) is 0. The van der Waals surface area contributed by atoms with Gasteiger partial charge < -0.3 is 9.32 Å². The number of hydrogen-bond acceptors (Lipinski definition) is 2. The highest BCUT2D eigenvalue weighted by Crippen LogP contribution is 2.56. The Balaban J connectivity index is 0.998. The molecule has 11 aromatic rings. The van der Waals surface area contributed by atoms with Gasteiger partial charge >= 0.3 is 0 Å². The Hall–Kier alpha value is -8.20. The third-order valence-corrected chi connectivity index (χ3v) is 12.7. The van der Waals surface area contributed by atoms with Crippen LogP contribution in [0.1, 0.15) is 27.7 Å². The molecule has 1 heterocycles. The van der Waals surface area contributed by atoms with Gasteiger partial charge in [0.1, 0.15) is 11.2 Å². The average Bonchev–Trinajstić information content (AvgIpc) is 3.92. The summed E-state index contributed by atoms with van der Waals surface area (Å²) in [6, 6.07) is 76.3. The summed E-state index contributed by atoms with van der Waals surface area (Å²) in [5, 5.41) is 2.10. The summed E-state index contributed by atoms with van der Waals surface area (Å²) in [5.74, 6) is 0. The Morgan fingerprint density at radius 2 is 0.873 bits per heavy atom. The first-order valence-electron chi connectivity index (χ1n) is 23.3. The first-order chi connectivity index (χ1) is 32.9. The average molecular weight is 808 g/mol. The lowest BCUT2D eigenvalue weighted by atomic mass is 9.67. The Bertz CT molecular complexity index is 3590. The summed E-state index contributed by atoms with van der Waals surface area (Å²) in [4.78, 5) is 1.85. The quantitative estimate of drug-likeness (QED) is 0.152. The predicted octanol–water partition coefficient (Wildman–Crippen LogP) is 16.4. The highest BCUT2D eigenvalue weighted by molar-refractivity contribution is 6.09. The van der Waals surface area contributed by atoms with Crippen molar-refractivity contribution in [3.8, 4) is 44.5 Å². The molecule has 0 bridgehead atoms. The second-order valence-electron chi connectivity index (χ2n) is 16.1. The van der Waals surface area contributed by atoms with Gasteiger partial charge in [0.05, 0.1) is 10.9 Å². The molecule has 0 atom stereocenters. The van der Waals surface area contributed by atoms with Crippen molar-refractivity contribution in [2.24, 2.45) is 0 Å². The van der Waals surface area contributed by atoms with E-state index in [0.717, 1.165) is 44.2 Å². The summed E-state index contributed by atoms with van der Waals surface area (Å²) in [5.41, 5.74) is 14.8. The van der Waals surface area contributed by atoms with E-state index in [-0.39, 0.29) is 35.4 Å². The number of rotatable bonds is 8. The van der Waals surface area contributed by atoms with Crippen LogP contribution in [0.15, 0.2) is 253 Å². The van der Waals surface area contributed by atoms with Crippen LogP contribution in [0.4, 0.5) is 17.1 Å². The van der Waals surface area contributed by atoms with Gasteiger partial charge in [-0.25, -0.2) is 0 Å². The Morgan fingerprint density at radius 3 is 1.57 bits per heavy atom. The van der Waals surface area contributed by atoms with E-state index in [1.54, 1.807) is 0 Å². The maximum absolute atomic E-state index is 9.51. The molecule has 0 spiro atoms. The zero-order valence-electron chi connectivity index (χ0n) is 38.2. The van der Waals surface area contributed by atoms with Gasteiger partial charge in [-0.3, -0.25) is 0 Å². The third-order valence-electron chi connectivity index (χ3n) is 12.7. The van der Waals surface area contributed by atoms with E-state index in [1.165, 1.54) is 33.4 Å². The number of fused-ring (bicyclic) bond motifs is 6. The maximum Gasteiger partial charge on any atom is 0.143 e. The minimum absolute atomic E-state index is 0.101. The SMILES string of the molecule is [2H]c1c([2H])c(N(c2ccc(-c3ccc4c(c3)C(c3ccccc3)(c3ccccc3)c3ccccc3-4)cc2)c2ccc(-c3cccc4c3oc3ccccc34)cc2)c([2H])c([2H])c1-c1ccccc1. The highest BCUT2D eigenvalue weighted by Gasteiger charge is 2.46. The van der Waals surface area contributed by atoms with Crippen LogP contribution in [0.2, 0.25) is 0 Å².